The standard InChI is InChI=1S/C21H18F3NO3/c22-21(23,24)14-27-13-16-8-6-15(7-9-16)12-25-20(26)19-18(10-11-28-19)17-4-2-1-3-5-17/h1-11H,12-14H2,(H,25,26). The van der Waals surface area contributed by atoms with Crippen molar-refractivity contribution in [1.29, 1.82) is 0 Å². The second-order valence-electron chi connectivity index (χ2n) is 6.14. The number of benzene rings is 2. The van der Waals surface area contributed by atoms with E-state index in [-0.39, 0.29) is 24.8 Å². The number of nitrogens with one attached hydrogen (secondary N) is 1. The van der Waals surface area contributed by atoms with Gasteiger partial charge in [0.25, 0.3) is 5.91 Å². The van der Waals surface area contributed by atoms with Gasteiger partial charge in [-0.1, -0.05) is 54.6 Å². The van der Waals surface area contributed by atoms with Gasteiger partial charge in [0, 0.05) is 12.1 Å². The summed E-state index contributed by atoms with van der Waals surface area (Å²) < 4.78 is 46.2. The molecular formula is C21H18F3NO3. The van der Waals surface area contributed by atoms with Crippen molar-refractivity contribution in [3.05, 3.63) is 83.8 Å². The normalized spacial score (nSPS) is 11.4. The molecule has 3 aromatic rings. The number of hydrogen-bond donors (Lipinski definition) is 1. The highest BCUT2D eigenvalue weighted by molar-refractivity contribution is 5.98. The lowest BCUT2D eigenvalue weighted by molar-refractivity contribution is -0.176. The molecule has 0 aliphatic carbocycles. The Kier molecular flexibility index (Phi) is 6.16. The molecule has 0 fully saturated rings. The van der Waals surface area contributed by atoms with Crippen LogP contribution >= 0.6 is 0 Å². The Morgan fingerprint density at radius 2 is 1.64 bits per heavy atom. The van der Waals surface area contributed by atoms with Crippen LogP contribution in [-0.2, 0) is 17.9 Å². The summed E-state index contributed by atoms with van der Waals surface area (Å²) >= 11 is 0. The number of hydrogen-bond acceptors (Lipinski definition) is 3. The second kappa shape index (κ2) is 8.75. The van der Waals surface area contributed by atoms with E-state index in [1.165, 1.54) is 6.26 Å². The second-order valence-corrected chi connectivity index (χ2v) is 6.14. The zero-order chi connectivity index (χ0) is 20.0. The largest absolute Gasteiger partial charge is 0.459 e. The van der Waals surface area contributed by atoms with E-state index in [9.17, 15) is 18.0 Å². The highest BCUT2D eigenvalue weighted by Crippen LogP contribution is 2.24. The van der Waals surface area contributed by atoms with Gasteiger partial charge in [0.15, 0.2) is 5.76 Å². The van der Waals surface area contributed by atoms with Crippen LogP contribution in [0.1, 0.15) is 21.7 Å². The minimum atomic E-state index is -4.34. The van der Waals surface area contributed by atoms with Crippen molar-refractivity contribution in [2.75, 3.05) is 6.61 Å². The lowest BCUT2D eigenvalue weighted by Crippen LogP contribution is -2.22. The highest BCUT2D eigenvalue weighted by Gasteiger charge is 2.27. The third kappa shape index (κ3) is 5.47. The van der Waals surface area contributed by atoms with E-state index < -0.39 is 12.8 Å². The van der Waals surface area contributed by atoms with E-state index in [0.29, 0.717) is 11.1 Å². The SMILES string of the molecule is O=C(NCc1ccc(COCC(F)(F)F)cc1)c1occc1-c1ccccc1. The predicted molar refractivity (Wildman–Crippen MR) is 97.5 cm³/mol. The maximum Gasteiger partial charge on any atom is 0.411 e. The summed E-state index contributed by atoms with van der Waals surface area (Å²) in [5, 5.41) is 2.78. The third-order valence-electron chi connectivity index (χ3n) is 3.97. The molecular weight excluding hydrogens is 371 g/mol. The molecule has 4 nitrogen and oxygen atoms in total. The van der Waals surface area contributed by atoms with E-state index in [1.54, 1.807) is 30.3 Å². The van der Waals surface area contributed by atoms with Crippen LogP contribution in [0.4, 0.5) is 13.2 Å². The van der Waals surface area contributed by atoms with Crippen LogP contribution in [0.25, 0.3) is 11.1 Å². The number of carbonyl (C=O) groups is 1. The number of carbonyl (C=O) groups excluding carboxylic acids is 1. The first-order chi connectivity index (χ1) is 13.4. The number of halogens is 3. The maximum absolute atomic E-state index is 12.4. The van der Waals surface area contributed by atoms with Gasteiger partial charge in [-0.05, 0) is 22.8 Å². The van der Waals surface area contributed by atoms with E-state index in [1.807, 2.05) is 30.3 Å². The smallest absolute Gasteiger partial charge is 0.411 e. The van der Waals surface area contributed by atoms with Crippen LogP contribution in [0.2, 0.25) is 0 Å². The van der Waals surface area contributed by atoms with Gasteiger partial charge < -0.3 is 14.5 Å². The first-order valence-corrected chi connectivity index (χ1v) is 8.56. The molecule has 3 rings (SSSR count). The molecule has 1 amide bonds. The minimum Gasteiger partial charge on any atom is -0.459 e. The highest BCUT2D eigenvalue weighted by atomic mass is 19.4. The molecule has 0 aliphatic heterocycles. The molecule has 1 heterocycles. The molecule has 0 aliphatic rings. The van der Waals surface area contributed by atoms with Gasteiger partial charge >= 0.3 is 6.18 Å². The average Bonchev–Trinajstić information content (AvgIpc) is 3.17. The number of amides is 1. The Morgan fingerprint density at radius 1 is 0.964 bits per heavy atom. The van der Waals surface area contributed by atoms with E-state index in [4.69, 9.17) is 4.42 Å². The molecule has 1 aromatic heterocycles. The molecule has 0 spiro atoms. The van der Waals surface area contributed by atoms with Crippen molar-refractivity contribution in [3.8, 4) is 11.1 Å². The van der Waals surface area contributed by atoms with Crippen LogP contribution < -0.4 is 5.32 Å². The molecule has 0 radical (unpaired) electrons. The van der Waals surface area contributed by atoms with Gasteiger partial charge in [-0.15, -0.1) is 0 Å². The van der Waals surface area contributed by atoms with Crippen molar-refractivity contribution in [1.82, 2.24) is 5.32 Å². The Balaban J connectivity index is 1.55. The fraction of sp³-hybridized carbons (Fsp3) is 0.190. The van der Waals surface area contributed by atoms with Gasteiger partial charge in [0.05, 0.1) is 12.9 Å². The molecule has 0 saturated heterocycles. The predicted octanol–water partition coefficient (Wildman–Crippen LogP) is 4.96. The summed E-state index contributed by atoms with van der Waals surface area (Å²) in [4.78, 5) is 12.4. The molecule has 0 atom stereocenters. The molecule has 146 valence electrons. The fourth-order valence-corrected chi connectivity index (χ4v) is 2.63. The fourth-order valence-electron chi connectivity index (χ4n) is 2.63. The lowest BCUT2D eigenvalue weighted by Gasteiger charge is -2.09. The Labute approximate surface area is 159 Å². The average molecular weight is 389 g/mol. The number of rotatable bonds is 7. The van der Waals surface area contributed by atoms with Gasteiger partial charge in [0.1, 0.15) is 6.61 Å². The molecule has 0 unspecified atom stereocenters. The van der Waals surface area contributed by atoms with Crippen LogP contribution in [0.3, 0.4) is 0 Å². The maximum atomic E-state index is 12.4. The summed E-state index contributed by atoms with van der Waals surface area (Å²) in [5.74, 6) is -0.121. The number of alkyl halides is 3. The van der Waals surface area contributed by atoms with Crippen molar-refractivity contribution < 1.29 is 27.1 Å². The van der Waals surface area contributed by atoms with Crippen LogP contribution in [0, 0.1) is 0 Å². The van der Waals surface area contributed by atoms with Gasteiger partial charge in [0.2, 0.25) is 0 Å². The zero-order valence-corrected chi connectivity index (χ0v) is 14.8. The van der Waals surface area contributed by atoms with Gasteiger partial charge in [-0.3, -0.25) is 4.79 Å². The van der Waals surface area contributed by atoms with Crippen molar-refractivity contribution in [3.63, 3.8) is 0 Å². The Hall–Kier alpha value is -3.06. The molecule has 28 heavy (non-hydrogen) atoms. The summed E-state index contributed by atoms with van der Waals surface area (Å²) in [7, 11) is 0. The van der Waals surface area contributed by atoms with Crippen LogP contribution in [0.5, 0.6) is 0 Å². The van der Waals surface area contributed by atoms with E-state index >= 15 is 0 Å². The monoisotopic (exact) mass is 389 g/mol. The lowest BCUT2D eigenvalue weighted by atomic mass is 10.1. The Bertz CT molecular complexity index is 903. The Morgan fingerprint density at radius 3 is 2.32 bits per heavy atom. The van der Waals surface area contributed by atoms with E-state index in [2.05, 4.69) is 10.1 Å². The van der Waals surface area contributed by atoms with Gasteiger partial charge in [-0.2, -0.15) is 13.2 Å². The van der Waals surface area contributed by atoms with Crippen LogP contribution in [0.15, 0.2) is 71.3 Å². The van der Waals surface area contributed by atoms with Crippen molar-refractivity contribution in [2.24, 2.45) is 0 Å². The molecule has 0 saturated carbocycles. The van der Waals surface area contributed by atoms with Crippen LogP contribution in [-0.4, -0.2) is 18.7 Å². The van der Waals surface area contributed by atoms with Crippen molar-refractivity contribution in [2.45, 2.75) is 19.3 Å². The van der Waals surface area contributed by atoms with Gasteiger partial charge in [-0.25, -0.2) is 0 Å². The molecule has 0 bridgehead atoms. The van der Waals surface area contributed by atoms with E-state index in [0.717, 1.165) is 11.1 Å². The summed E-state index contributed by atoms with van der Waals surface area (Å²) in [5.41, 5.74) is 3.01. The number of furan rings is 1. The minimum absolute atomic E-state index is 0.126. The third-order valence-corrected chi connectivity index (χ3v) is 3.97. The summed E-state index contributed by atoms with van der Waals surface area (Å²) in [6.45, 7) is -1.14. The van der Waals surface area contributed by atoms with Crippen molar-refractivity contribution >= 4 is 5.91 Å². The topological polar surface area (TPSA) is 51.5 Å². The summed E-state index contributed by atoms with van der Waals surface area (Å²) in [6, 6.07) is 18.0. The first-order valence-electron chi connectivity index (χ1n) is 8.56. The molecule has 1 N–H and O–H groups in total. The quantitative estimate of drug-likeness (QED) is 0.622. The zero-order valence-electron chi connectivity index (χ0n) is 14.8. The summed E-state index contributed by atoms with van der Waals surface area (Å²) in [6.07, 6.45) is -2.87. The molecule has 2 aromatic carbocycles. The first kappa shape index (κ1) is 19.7. The number of ether oxygens (including phenoxy) is 1. The molecule has 7 heteroatoms.